The minimum absolute atomic E-state index is 0.0493. The van der Waals surface area contributed by atoms with Crippen LogP contribution in [0.2, 0.25) is 0 Å². The van der Waals surface area contributed by atoms with Crippen molar-refractivity contribution in [1.82, 2.24) is 0 Å². The first-order valence-electron chi connectivity index (χ1n) is 8.89. The van der Waals surface area contributed by atoms with Crippen LogP contribution in [0, 0.1) is 10.1 Å². The summed E-state index contributed by atoms with van der Waals surface area (Å²) in [4.78, 5) is 34.9. The number of rotatable bonds is 7. The highest BCUT2D eigenvalue weighted by molar-refractivity contribution is 6.06. The van der Waals surface area contributed by atoms with Crippen molar-refractivity contribution >= 4 is 23.5 Å². The summed E-state index contributed by atoms with van der Waals surface area (Å²) in [6.07, 6.45) is 2.84. The second kappa shape index (κ2) is 9.29. The Morgan fingerprint density at radius 2 is 1.63 bits per heavy atom. The number of hydrogen-bond acceptors (Lipinski definition) is 6. The molecule has 0 fully saturated rings. The van der Waals surface area contributed by atoms with Crippen molar-refractivity contribution < 1.29 is 24.0 Å². The van der Waals surface area contributed by atoms with Gasteiger partial charge >= 0.3 is 5.97 Å². The number of nitro benzene ring substituents is 1. The van der Waals surface area contributed by atoms with E-state index < -0.39 is 10.9 Å². The molecular formula is C23H17NO6. The van der Waals surface area contributed by atoms with Crippen molar-refractivity contribution in [1.29, 1.82) is 0 Å². The highest BCUT2D eigenvalue weighted by Gasteiger charge is 2.10. The van der Waals surface area contributed by atoms with Crippen LogP contribution in [-0.2, 0) is 0 Å². The Morgan fingerprint density at radius 1 is 0.900 bits per heavy atom. The second-order valence-corrected chi connectivity index (χ2v) is 6.20. The number of nitrogens with zero attached hydrogens (tertiary/aromatic N) is 1. The van der Waals surface area contributed by atoms with Gasteiger partial charge in [0, 0.05) is 17.7 Å². The number of carbonyl (C=O) groups is 2. The highest BCUT2D eigenvalue weighted by Crippen LogP contribution is 2.18. The fourth-order valence-corrected chi connectivity index (χ4v) is 2.61. The quantitative estimate of drug-likeness (QED) is 0.141. The van der Waals surface area contributed by atoms with Crippen LogP contribution in [0.3, 0.4) is 0 Å². The number of non-ortho nitro benzene ring substituents is 1. The molecular weight excluding hydrogens is 386 g/mol. The van der Waals surface area contributed by atoms with Crippen LogP contribution in [-0.4, -0.2) is 23.8 Å². The molecule has 0 aliphatic rings. The molecule has 0 bridgehead atoms. The number of hydrogen-bond donors (Lipinski definition) is 0. The summed E-state index contributed by atoms with van der Waals surface area (Å²) >= 11 is 0. The van der Waals surface area contributed by atoms with Gasteiger partial charge in [-0.25, -0.2) is 4.79 Å². The molecule has 30 heavy (non-hydrogen) atoms. The SMILES string of the molecule is COc1cccc(C(=O)Oc2ccc(C(=O)C=Cc3cccc([N+](=O)[O-])c3)cc2)c1. The Balaban J connectivity index is 1.66. The van der Waals surface area contributed by atoms with Gasteiger partial charge in [-0.3, -0.25) is 14.9 Å². The largest absolute Gasteiger partial charge is 0.497 e. The van der Waals surface area contributed by atoms with Crippen LogP contribution in [0.4, 0.5) is 5.69 Å². The molecule has 0 aromatic heterocycles. The molecule has 7 heteroatoms. The molecule has 0 N–H and O–H groups in total. The standard InChI is InChI=1S/C23H17NO6/c1-29-21-7-3-5-18(15-21)23(26)30-20-11-9-17(10-12-20)22(25)13-8-16-4-2-6-19(14-16)24(27)28/h2-15H,1H3. The predicted molar refractivity (Wildman–Crippen MR) is 111 cm³/mol. The van der Waals surface area contributed by atoms with Crippen molar-refractivity contribution in [2.75, 3.05) is 7.11 Å². The van der Waals surface area contributed by atoms with Crippen LogP contribution in [0.1, 0.15) is 26.3 Å². The number of carbonyl (C=O) groups excluding carboxylic acids is 2. The summed E-state index contributed by atoms with van der Waals surface area (Å²) < 4.78 is 10.4. The molecule has 0 atom stereocenters. The molecule has 0 radical (unpaired) electrons. The predicted octanol–water partition coefficient (Wildman–Crippen LogP) is 4.72. The maximum atomic E-state index is 12.3. The Kier molecular flexibility index (Phi) is 6.34. The molecule has 0 aliphatic heterocycles. The normalized spacial score (nSPS) is 10.6. The van der Waals surface area contributed by atoms with Gasteiger partial charge in [0.25, 0.3) is 5.69 Å². The van der Waals surface area contributed by atoms with Gasteiger partial charge in [0.1, 0.15) is 11.5 Å². The van der Waals surface area contributed by atoms with Crippen molar-refractivity contribution in [2.45, 2.75) is 0 Å². The van der Waals surface area contributed by atoms with Gasteiger partial charge in [-0.05, 0) is 54.1 Å². The number of allylic oxidation sites excluding steroid dienone is 1. The monoisotopic (exact) mass is 403 g/mol. The van der Waals surface area contributed by atoms with E-state index in [0.29, 0.717) is 28.2 Å². The van der Waals surface area contributed by atoms with Crippen molar-refractivity contribution in [3.63, 3.8) is 0 Å². The van der Waals surface area contributed by atoms with E-state index in [1.165, 1.54) is 55.7 Å². The number of nitro groups is 1. The molecule has 0 heterocycles. The first kappa shape index (κ1) is 20.5. The summed E-state index contributed by atoms with van der Waals surface area (Å²) in [6.45, 7) is 0. The maximum Gasteiger partial charge on any atom is 0.343 e. The zero-order valence-electron chi connectivity index (χ0n) is 16.0. The van der Waals surface area contributed by atoms with E-state index in [-0.39, 0.29) is 11.5 Å². The summed E-state index contributed by atoms with van der Waals surface area (Å²) in [7, 11) is 1.51. The second-order valence-electron chi connectivity index (χ2n) is 6.20. The van der Waals surface area contributed by atoms with Gasteiger partial charge in [0.2, 0.25) is 0 Å². The highest BCUT2D eigenvalue weighted by atomic mass is 16.6. The van der Waals surface area contributed by atoms with Crippen molar-refractivity contribution in [3.05, 3.63) is 106 Å². The first-order valence-corrected chi connectivity index (χ1v) is 8.89. The fourth-order valence-electron chi connectivity index (χ4n) is 2.61. The summed E-state index contributed by atoms with van der Waals surface area (Å²) in [5.41, 5.74) is 1.22. The zero-order valence-corrected chi connectivity index (χ0v) is 16.0. The van der Waals surface area contributed by atoms with E-state index in [2.05, 4.69) is 0 Å². The fraction of sp³-hybridized carbons (Fsp3) is 0.0435. The first-order chi connectivity index (χ1) is 14.5. The third kappa shape index (κ3) is 5.17. The molecule has 7 nitrogen and oxygen atoms in total. The van der Waals surface area contributed by atoms with Gasteiger partial charge < -0.3 is 9.47 Å². The van der Waals surface area contributed by atoms with Crippen LogP contribution in [0.15, 0.2) is 78.9 Å². The number of ketones is 1. The van der Waals surface area contributed by atoms with E-state index in [4.69, 9.17) is 9.47 Å². The summed E-state index contributed by atoms with van der Waals surface area (Å²) in [5.74, 6) is 0.00804. The van der Waals surface area contributed by atoms with Crippen molar-refractivity contribution in [2.24, 2.45) is 0 Å². The molecule has 150 valence electrons. The number of ether oxygens (including phenoxy) is 2. The van der Waals surface area contributed by atoms with Crippen LogP contribution in [0.5, 0.6) is 11.5 Å². The van der Waals surface area contributed by atoms with Crippen molar-refractivity contribution in [3.8, 4) is 11.5 Å². The topological polar surface area (TPSA) is 95.7 Å². The molecule has 3 aromatic rings. The van der Waals surface area contributed by atoms with Gasteiger partial charge in [-0.2, -0.15) is 0 Å². The van der Waals surface area contributed by atoms with Crippen LogP contribution in [0.25, 0.3) is 6.08 Å². The average Bonchev–Trinajstić information content (AvgIpc) is 2.78. The third-order valence-corrected chi connectivity index (χ3v) is 4.16. The Hall–Kier alpha value is -4.26. The molecule has 3 rings (SSSR count). The lowest BCUT2D eigenvalue weighted by Crippen LogP contribution is -2.08. The summed E-state index contributed by atoms with van der Waals surface area (Å²) in [5, 5.41) is 10.8. The number of esters is 1. The lowest BCUT2D eigenvalue weighted by Gasteiger charge is -2.06. The molecule has 0 spiro atoms. The van der Waals surface area contributed by atoms with Crippen LogP contribution >= 0.6 is 0 Å². The Labute approximate surface area is 172 Å². The van der Waals surface area contributed by atoms with E-state index in [1.807, 2.05) is 0 Å². The van der Waals surface area contributed by atoms with E-state index in [0.717, 1.165) is 0 Å². The smallest absolute Gasteiger partial charge is 0.343 e. The Bertz CT molecular complexity index is 1120. The minimum Gasteiger partial charge on any atom is -0.497 e. The van der Waals surface area contributed by atoms with Gasteiger partial charge in [-0.1, -0.05) is 24.3 Å². The van der Waals surface area contributed by atoms with Gasteiger partial charge in [0.15, 0.2) is 5.78 Å². The van der Waals surface area contributed by atoms with E-state index in [9.17, 15) is 19.7 Å². The van der Waals surface area contributed by atoms with Crippen LogP contribution < -0.4 is 9.47 Å². The zero-order chi connectivity index (χ0) is 21.5. The van der Waals surface area contributed by atoms with Gasteiger partial charge in [-0.15, -0.1) is 0 Å². The number of methoxy groups -OCH3 is 1. The average molecular weight is 403 g/mol. The summed E-state index contributed by atoms with van der Waals surface area (Å²) in [6, 6.07) is 18.7. The molecule has 3 aromatic carbocycles. The molecule has 0 saturated heterocycles. The van der Waals surface area contributed by atoms with E-state index in [1.54, 1.807) is 36.4 Å². The Morgan fingerprint density at radius 3 is 2.33 bits per heavy atom. The molecule has 0 unspecified atom stereocenters. The van der Waals surface area contributed by atoms with E-state index >= 15 is 0 Å². The third-order valence-electron chi connectivity index (χ3n) is 4.16. The lowest BCUT2D eigenvalue weighted by atomic mass is 10.1. The molecule has 0 amide bonds. The number of benzene rings is 3. The molecule has 0 aliphatic carbocycles. The lowest BCUT2D eigenvalue weighted by molar-refractivity contribution is -0.384. The van der Waals surface area contributed by atoms with Gasteiger partial charge in [0.05, 0.1) is 17.6 Å². The minimum atomic E-state index is -0.543. The molecule has 0 saturated carbocycles. The maximum absolute atomic E-state index is 12.3.